The third-order valence-corrected chi connectivity index (χ3v) is 7.13. The van der Waals surface area contributed by atoms with E-state index in [4.69, 9.17) is 17.0 Å². The first-order chi connectivity index (χ1) is 10.1. The predicted molar refractivity (Wildman–Crippen MR) is 110 cm³/mol. The van der Waals surface area contributed by atoms with Crippen molar-refractivity contribution in [2.24, 2.45) is 11.3 Å². The summed E-state index contributed by atoms with van der Waals surface area (Å²) in [5, 5.41) is -0.280. The molecule has 1 atom stereocenters. The van der Waals surface area contributed by atoms with Crippen molar-refractivity contribution in [2.45, 2.75) is 91.3 Å². The molecule has 0 radical (unpaired) electrons. The molecule has 0 aliphatic carbocycles. The van der Waals surface area contributed by atoms with Gasteiger partial charge in [0.2, 0.25) is 0 Å². The third kappa shape index (κ3) is 8.78. The smallest absolute Gasteiger partial charge is 0.319 e. The quantitative estimate of drug-likeness (QED) is 0.398. The molecule has 2 nitrogen and oxygen atoms in total. The molecule has 1 unspecified atom stereocenters. The zero-order chi connectivity index (χ0) is 18.6. The summed E-state index contributed by atoms with van der Waals surface area (Å²) in [7, 11) is 0. The number of esters is 1. The van der Waals surface area contributed by atoms with Gasteiger partial charge in [-0.25, -0.2) is 0 Å². The Labute approximate surface area is 157 Å². The fourth-order valence-electron chi connectivity index (χ4n) is 1.96. The van der Waals surface area contributed by atoms with Crippen LogP contribution in [-0.2, 0) is 9.53 Å². The van der Waals surface area contributed by atoms with Crippen molar-refractivity contribution in [3.05, 3.63) is 0 Å². The lowest BCUT2D eigenvalue weighted by Crippen LogP contribution is -2.35. The first-order valence-corrected chi connectivity index (χ1v) is 10.3. The largest absolute Gasteiger partial charge is 0.459 e. The topological polar surface area (TPSA) is 26.3 Å². The highest BCUT2D eigenvalue weighted by atomic mass is 32.2. The average molecular weight is 379 g/mol. The van der Waals surface area contributed by atoms with Gasteiger partial charge in [0.15, 0.2) is 0 Å². The summed E-state index contributed by atoms with van der Waals surface area (Å²) in [5.41, 5.74) is -0.301. The molecule has 0 amide bonds. The SMILES string of the molecule is CC(C)CC(C)(C)OC(=O)C(C)SC(=S)SC(C)(C)C(C)(C)C. The zero-order valence-corrected chi connectivity index (χ0v) is 18.9. The summed E-state index contributed by atoms with van der Waals surface area (Å²) >= 11 is 8.60. The number of carbonyl (C=O) groups is 1. The molecule has 0 saturated heterocycles. The number of carbonyl (C=O) groups excluding carboxylic acids is 1. The molecule has 0 aromatic carbocycles. The molecule has 0 aromatic heterocycles. The van der Waals surface area contributed by atoms with Gasteiger partial charge in [0, 0.05) is 4.75 Å². The van der Waals surface area contributed by atoms with Gasteiger partial charge in [-0.1, -0.05) is 58.6 Å². The van der Waals surface area contributed by atoms with Gasteiger partial charge in [-0.05, 0) is 52.4 Å². The van der Waals surface area contributed by atoms with Crippen molar-refractivity contribution in [3.63, 3.8) is 0 Å². The van der Waals surface area contributed by atoms with Crippen LogP contribution in [0.4, 0.5) is 0 Å². The van der Waals surface area contributed by atoms with Crippen molar-refractivity contribution >= 4 is 45.2 Å². The molecule has 0 aliphatic rings. The normalized spacial score (nSPS) is 14.7. The zero-order valence-electron chi connectivity index (χ0n) is 16.4. The van der Waals surface area contributed by atoms with Crippen molar-refractivity contribution in [3.8, 4) is 0 Å². The summed E-state index contributed by atoms with van der Waals surface area (Å²) in [6.07, 6.45) is 0.854. The molecular formula is C18H34O2S3. The monoisotopic (exact) mass is 378 g/mol. The molecule has 136 valence electrons. The summed E-state index contributed by atoms with van der Waals surface area (Å²) in [4.78, 5) is 12.3. The van der Waals surface area contributed by atoms with E-state index < -0.39 is 5.60 Å². The highest BCUT2D eigenvalue weighted by Gasteiger charge is 2.35. The van der Waals surface area contributed by atoms with Crippen LogP contribution >= 0.6 is 35.7 Å². The Balaban J connectivity index is 4.62. The number of thioether (sulfide) groups is 2. The van der Waals surface area contributed by atoms with Gasteiger partial charge in [-0.15, -0.1) is 11.8 Å². The minimum Gasteiger partial charge on any atom is -0.459 e. The van der Waals surface area contributed by atoms with Gasteiger partial charge >= 0.3 is 5.97 Å². The maximum atomic E-state index is 12.3. The molecule has 0 rings (SSSR count). The Bertz CT molecular complexity index is 420. The summed E-state index contributed by atoms with van der Waals surface area (Å²) in [5.74, 6) is 0.308. The number of thiocarbonyl (C=S) groups is 1. The summed E-state index contributed by atoms with van der Waals surface area (Å²) < 4.78 is 6.49. The fourth-order valence-corrected chi connectivity index (χ4v) is 5.42. The second-order valence-electron chi connectivity index (χ2n) is 8.65. The maximum absolute atomic E-state index is 12.3. The molecule has 0 fully saturated rings. The molecule has 0 aliphatic heterocycles. The number of hydrogen-bond donors (Lipinski definition) is 0. The highest BCUT2D eigenvalue weighted by Crippen LogP contribution is 2.44. The van der Waals surface area contributed by atoms with Gasteiger partial charge in [-0.3, -0.25) is 4.79 Å². The molecular weight excluding hydrogens is 344 g/mol. The van der Waals surface area contributed by atoms with Gasteiger partial charge in [-0.2, -0.15) is 0 Å². The molecule has 0 heterocycles. The predicted octanol–water partition coefficient (Wildman–Crippen LogP) is 6.32. The second kappa shape index (κ2) is 8.57. The third-order valence-electron chi connectivity index (χ3n) is 4.03. The first-order valence-electron chi connectivity index (χ1n) is 8.20. The van der Waals surface area contributed by atoms with E-state index in [2.05, 4.69) is 48.5 Å². The van der Waals surface area contributed by atoms with Crippen molar-refractivity contribution in [2.75, 3.05) is 0 Å². The number of hydrogen-bond acceptors (Lipinski definition) is 5. The number of ether oxygens (including phenoxy) is 1. The van der Waals surface area contributed by atoms with Crippen molar-refractivity contribution in [1.82, 2.24) is 0 Å². The molecule has 5 heteroatoms. The molecule has 0 aromatic rings. The van der Waals surface area contributed by atoms with Crippen LogP contribution in [0, 0.1) is 11.3 Å². The lowest BCUT2D eigenvalue weighted by atomic mass is 9.83. The second-order valence-corrected chi connectivity index (χ2v) is 12.8. The van der Waals surface area contributed by atoms with E-state index in [0.717, 1.165) is 9.95 Å². The van der Waals surface area contributed by atoms with E-state index in [1.807, 2.05) is 20.8 Å². The Hall–Kier alpha value is 0.260. The van der Waals surface area contributed by atoms with Gasteiger partial charge in [0.05, 0.1) is 0 Å². The highest BCUT2D eigenvalue weighted by molar-refractivity contribution is 8.47. The number of rotatable bonds is 6. The van der Waals surface area contributed by atoms with Crippen LogP contribution in [0.2, 0.25) is 0 Å². The molecule has 0 spiro atoms. The van der Waals surface area contributed by atoms with Crippen LogP contribution in [0.5, 0.6) is 0 Å². The van der Waals surface area contributed by atoms with E-state index in [-0.39, 0.29) is 21.4 Å². The van der Waals surface area contributed by atoms with Crippen molar-refractivity contribution in [1.29, 1.82) is 0 Å². The molecule has 0 saturated carbocycles. The maximum Gasteiger partial charge on any atom is 0.319 e. The minimum absolute atomic E-state index is 0.0115. The van der Waals surface area contributed by atoms with E-state index in [9.17, 15) is 4.79 Å². The van der Waals surface area contributed by atoms with Gasteiger partial charge in [0.1, 0.15) is 14.4 Å². The van der Waals surface area contributed by atoms with Crippen LogP contribution in [0.1, 0.15) is 75.7 Å². The molecule has 0 N–H and O–H groups in total. The standard InChI is InChI=1S/C18H34O2S3/c1-12(2)11-17(7,8)20-14(19)13(3)22-15(21)23-18(9,10)16(4,5)6/h12-13H,11H2,1-10H3. The van der Waals surface area contributed by atoms with Gasteiger partial charge < -0.3 is 4.74 Å². The lowest BCUT2D eigenvalue weighted by Gasteiger charge is -2.38. The molecule has 23 heavy (non-hydrogen) atoms. The average Bonchev–Trinajstić information content (AvgIpc) is 2.22. The van der Waals surface area contributed by atoms with Gasteiger partial charge in [0.25, 0.3) is 0 Å². The van der Waals surface area contributed by atoms with Crippen molar-refractivity contribution < 1.29 is 9.53 Å². The van der Waals surface area contributed by atoms with E-state index in [1.165, 1.54) is 11.8 Å². The lowest BCUT2D eigenvalue weighted by molar-refractivity contribution is -0.156. The van der Waals surface area contributed by atoms with E-state index in [0.29, 0.717) is 5.92 Å². The van der Waals surface area contributed by atoms with E-state index >= 15 is 0 Å². The Morgan fingerprint density at radius 2 is 1.52 bits per heavy atom. The Kier molecular flexibility index (Phi) is 8.67. The Morgan fingerprint density at radius 3 is 1.91 bits per heavy atom. The van der Waals surface area contributed by atoms with Crippen LogP contribution < -0.4 is 0 Å². The molecule has 0 bridgehead atoms. The van der Waals surface area contributed by atoms with Crippen LogP contribution in [-0.4, -0.2) is 25.1 Å². The first kappa shape index (κ1) is 23.3. The van der Waals surface area contributed by atoms with Crippen LogP contribution in [0.25, 0.3) is 0 Å². The van der Waals surface area contributed by atoms with Crippen LogP contribution in [0.15, 0.2) is 0 Å². The minimum atomic E-state index is -0.431. The Morgan fingerprint density at radius 1 is 1.04 bits per heavy atom. The summed E-state index contributed by atoms with van der Waals surface area (Å²) in [6, 6.07) is 0. The summed E-state index contributed by atoms with van der Waals surface area (Å²) in [6.45, 7) is 21.1. The van der Waals surface area contributed by atoms with Crippen LogP contribution in [0.3, 0.4) is 0 Å². The fraction of sp³-hybridized carbons (Fsp3) is 0.889. The van der Waals surface area contributed by atoms with E-state index in [1.54, 1.807) is 11.8 Å².